The molecule has 0 unspecified atom stereocenters. The van der Waals surface area contributed by atoms with Crippen LogP contribution >= 0.6 is 0 Å². The fourth-order valence-corrected chi connectivity index (χ4v) is 4.93. The van der Waals surface area contributed by atoms with Gasteiger partial charge in [-0.3, -0.25) is 0 Å². The van der Waals surface area contributed by atoms with Crippen LogP contribution in [0.5, 0.6) is 0 Å². The van der Waals surface area contributed by atoms with E-state index in [-0.39, 0.29) is 11.4 Å². The lowest BCUT2D eigenvalue weighted by Crippen LogP contribution is -2.36. The molecule has 1 aliphatic heterocycles. The van der Waals surface area contributed by atoms with Gasteiger partial charge in [-0.2, -0.15) is 4.31 Å². The lowest BCUT2D eigenvalue weighted by atomic mass is 10.1. The first-order chi connectivity index (χ1) is 12.3. The van der Waals surface area contributed by atoms with Gasteiger partial charge in [-0.05, 0) is 55.3 Å². The third-order valence-electron chi connectivity index (χ3n) is 4.70. The Kier molecular flexibility index (Phi) is 4.00. The van der Waals surface area contributed by atoms with E-state index in [0.29, 0.717) is 24.2 Å². The summed E-state index contributed by atoms with van der Waals surface area (Å²) in [6.45, 7) is 4.13. The molecular weight excluding hydrogens is 353 g/mol. The van der Waals surface area contributed by atoms with E-state index in [0.717, 1.165) is 28.4 Å². The zero-order valence-electron chi connectivity index (χ0n) is 14.5. The maximum Gasteiger partial charge on any atom is 0.243 e. The quantitative estimate of drug-likeness (QED) is 0.694. The second-order valence-electron chi connectivity index (χ2n) is 6.59. The summed E-state index contributed by atoms with van der Waals surface area (Å²) in [5.74, 6) is -0.555. The van der Waals surface area contributed by atoms with E-state index < -0.39 is 15.8 Å². The second kappa shape index (κ2) is 6.10. The summed E-state index contributed by atoms with van der Waals surface area (Å²) in [5, 5.41) is 0.885. The maximum atomic E-state index is 13.6. The Hall–Kier alpha value is -2.38. The molecule has 0 amide bonds. The molecule has 4 rings (SSSR count). The summed E-state index contributed by atoms with van der Waals surface area (Å²) in [5.41, 5.74) is 3.85. The number of halogens is 1. The number of benzene rings is 1. The highest BCUT2D eigenvalue weighted by Gasteiger charge is 2.30. The number of rotatable bonds is 2. The summed E-state index contributed by atoms with van der Waals surface area (Å²) in [7, 11) is -3.77. The molecule has 0 saturated heterocycles. The van der Waals surface area contributed by atoms with Gasteiger partial charge in [0, 0.05) is 36.3 Å². The zero-order chi connectivity index (χ0) is 18.5. The van der Waals surface area contributed by atoms with Crippen LogP contribution in [-0.2, 0) is 23.0 Å². The van der Waals surface area contributed by atoms with Gasteiger partial charge >= 0.3 is 0 Å². The molecule has 1 aromatic carbocycles. The van der Waals surface area contributed by atoms with Gasteiger partial charge in [0.2, 0.25) is 10.0 Å². The number of aromatic nitrogens is 2. The number of fused-ring (bicyclic) bond motifs is 2. The summed E-state index contributed by atoms with van der Waals surface area (Å²) >= 11 is 0. The zero-order valence-corrected chi connectivity index (χ0v) is 15.3. The van der Waals surface area contributed by atoms with Gasteiger partial charge in [-0.15, -0.1) is 0 Å². The number of pyridine rings is 2. The van der Waals surface area contributed by atoms with Crippen molar-refractivity contribution in [2.24, 2.45) is 0 Å². The van der Waals surface area contributed by atoms with Crippen LogP contribution in [0.15, 0.2) is 41.3 Å². The predicted molar refractivity (Wildman–Crippen MR) is 96.7 cm³/mol. The van der Waals surface area contributed by atoms with E-state index in [2.05, 4.69) is 9.97 Å². The van der Waals surface area contributed by atoms with E-state index in [1.54, 1.807) is 6.92 Å². The Morgan fingerprint density at radius 3 is 2.69 bits per heavy atom. The fourth-order valence-electron chi connectivity index (χ4n) is 3.28. The highest BCUT2D eigenvalue weighted by Crippen LogP contribution is 2.28. The van der Waals surface area contributed by atoms with Crippen molar-refractivity contribution in [1.29, 1.82) is 0 Å². The van der Waals surface area contributed by atoms with Gasteiger partial charge in [0.15, 0.2) is 5.65 Å². The molecule has 0 aliphatic carbocycles. The number of hydrogen-bond acceptors (Lipinski definition) is 4. The van der Waals surface area contributed by atoms with Crippen molar-refractivity contribution >= 4 is 21.1 Å². The minimum atomic E-state index is -3.77. The van der Waals surface area contributed by atoms with Crippen molar-refractivity contribution in [3.8, 4) is 0 Å². The van der Waals surface area contributed by atoms with Gasteiger partial charge < -0.3 is 0 Å². The third kappa shape index (κ3) is 2.87. The Balaban J connectivity index is 1.74. The lowest BCUT2D eigenvalue weighted by molar-refractivity contribution is 0.388. The van der Waals surface area contributed by atoms with Gasteiger partial charge in [0.25, 0.3) is 0 Å². The average Bonchev–Trinajstić information content (AvgIpc) is 2.61. The molecular formula is C19H18FN3O2S. The number of aryl methyl sites for hydroxylation is 2. The van der Waals surface area contributed by atoms with Gasteiger partial charge in [-0.1, -0.05) is 6.07 Å². The van der Waals surface area contributed by atoms with Crippen LogP contribution in [0.3, 0.4) is 0 Å². The van der Waals surface area contributed by atoms with Crippen molar-refractivity contribution in [2.45, 2.75) is 31.7 Å². The second-order valence-corrected chi connectivity index (χ2v) is 8.50. The fraction of sp³-hybridized carbons (Fsp3) is 0.263. The highest BCUT2D eigenvalue weighted by atomic mass is 32.2. The van der Waals surface area contributed by atoms with Gasteiger partial charge in [0.1, 0.15) is 5.82 Å². The van der Waals surface area contributed by atoms with E-state index in [4.69, 9.17) is 0 Å². The molecule has 134 valence electrons. The Labute approximate surface area is 151 Å². The molecule has 2 aromatic heterocycles. The largest absolute Gasteiger partial charge is 0.243 e. The lowest BCUT2D eigenvalue weighted by Gasteiger charge is -2.28. The molecule has 0 atom stereocenters. The standard InChI is InChI=1S/C19H18FN3O2S/c1-12-3-6-16(20)10-18(12)26(24,25)23-8-7-17-15(11-23)9-14-5-4-13(2)21-19(14)22-17/h3-6,9-10H,7-8,11H2,1-2H3. The first-order valence-corrected chi connectivity index (χ1v) is 9.81. The maximum absolute atomic E-state index is 13.6. The van der Waals surface area contributed by atoms with Crippen molar-refractivity contribution in [1.82, 2.24) is 14.3 Å². The Morgan fingerprint density at radius 2 is 1.88 bits per heavy atom. The molecule has 3 aromatic rings. The van der Waals surface area contributed by atoms with Gasteiger partial charge in [0.05, 0.1) is 4.90 Å². The summed E-state index contributed by atoms with van der Waals surface area (Å²) in [6, 6.07) is 9.64. The van der Waals surface area contributed by atoms with E-state index in [1.165, 1.54) is 16.4 Å². The molecule has 0 spiro atoms. The summed E-state index contributed by atoms with van der Waals surface area (Å²) < 4.78 is 41.0. The smallest absolute Gasteiger partial charge is 0.233 e. The van der Waals surface area contributed by atoms with Crippen molar-refractivity contribution in [3.05, 3.63) is 64.7 Å². The molecule has 26 heavy (non-hydrogen) atoms. The van der Waals surface area contributed by atoms with Crippen molar-refractivity contribution in [3.63, 3.8) is 0 Å². The number of hydrogen-bond donors (Lipinski definition) is 0. The van der Waals surface area contributed by atoms with Crippen LogP contribution in [0.2, 0.25) is 0 Å². The van der Waals surface area contributed by atoms with Crippen molar-refractivity contribution in [2.75, 3.05) is 6.54 Å². The average molecular weight is 371 g/mol. The van der Waals surface area contributed by atoms with Crippen molar-refractivity contribution < 1.29 is 12.8 Å². The SMILES string of the molecule is Cc1ccc2cc3c(nc2n1)CCN(S(=O)(=O)c1cc(F)ccc1C)C3. The van der Waals surface area contributed by atoms with Crippen LogP contribution < -0.4 is 0 Å². The molecule has 0 saturated carbocycles. The van der Waals surface area contributed by atoms with Crippen LogP contribution in [0.4, 0.5) is 4.39 Å². The van der Waals surface area contributed by atoms with Crippen LogP contribution in [-0.4, -0.2) is 29.2 Å². The molecule has 7 heteroatoms. The minimum Gasteiger partial charge on any atom is -0.233 e. The number of nitrogens with zero attached hydrogens (tertiary/aromatic N) is 3. The first-order valence-electron chi connectivity index (χ1n) is 8.37. The molecule has 3 heterocycles. The molecule has 0 N–H and O–H groups in total. The predicted octanol–water partition coefficient (Wildman–Crippen LogP) is 3.13. The van der Waals surface area contributed by atoms with E-state index in [1.807, 2.05) is 25.1 Å². The molecule has 0 radical (unpaired) electrons. The van der Waals surface area contributed by atoms with E-state index in [9.17, 15) is 12.8 Å². The molecule has 5 nitrogen and oxygen atoms in total. The highest BCUT2D eigenvalue weighted by molar-refractivity contribution is 7.89. The molecule has 1 aliphatic rings. The van der Waals surface area contributed by atoms with Crippen LogP contribution in [0.25, 0.3) is 11.0 Å². The van der Waals surface area contributed by atoms with E-state index >= 15 is 0 Å². The van der Waals surface area contributed by atoms with Gasteiger partial charge in [-0.25, -0.2) is 22.8 Å². The molecule has 0 fully saturated rings. The summed E-state index contributed by atoms with van der Waals surface area (Å²) in [4.78, 5) is 9.06. The Morgan fingerprint density at radius 1 is 1.08 bits per heavy atom. The normalized spacial score (nSPS) is 15.2. The Bertz CT molecular complexity index is 1130. The monoisotopic (exact) mass is 371 g/mol. The third-order valence-corrected chi connectivity index (χ3v) is 6.69. The van der Waals surface area contributed by atoms with Crippen LogP contribution in [0, 0.1) is 19.7 Å². The topological polar surface area (TPSA) is 63.2 Å². The summed E-state index contributed by atoms with van der Waals surface area (Å²) in [6.07, 6.45) is 0.508. The molecule has 0 bridgehead atoms. The van der Waals surface area contributed by atoms with Crippen LogP contribution in [0.1, 0.15) is 22.5 Å². The minimum absolute atomic E-state index is 0.0204. The number of sulfonamides is 1. The first kappa shape index (κ1) is 17.1.